The smallest absolute Gasteiger partial charge is 0.255 e. The molecule has 31 heavy (non-hydrogen) atoms. The van der Waals surface area contributed by atoms with Gasteiger partial charge in [-0.05, 0) is 72.8 Å². The third kappa shape index (κ3) is 5.36. The standard InChI is InChI=1S/C26H21N3O2/c30-25(19-7-3-1-4-8-19)28-23-15-11-21(12-16-23)27-22-13-17-24(18-14-22)29-26(31)20-9-5-2-6-10-20/h1-18,27H,(H,28,30)(H,29,31). The Labute approximate surface area is 180 Å². The van der Waals surface area contributed by atoms with Crippen LogP contribution < -0.4 is 16.0 Å². The molecule has 0 saturated heterocycles. The minimum atomic E-state index is -0.144. The van der Waals surface area contributed by atoms with Crippen LogP contribution in [0.3, 0.4) is 0 Å². The van der Waals surface area contributed by atoms with Crippen molar-refractivity contribution in [3.63, 3.8) is 0 Å². The van der Waals surface area contributed by atoms with Gasteiger partial charge in [0.05, 0.1) is 0 Å². The molecule has 0 aromatic heterocycles. The molecule has 4 aromatic rings. The topological polar surface area (TPSA) is 70.2 Å². The van der Waals surface area contributed by atoms with Crippen LogP contribution in [0.5, 0.6) is 0 Å². The lowest BCUT2D eigenvalue weighted by Crippen LogP contribution is -2.11. The van der Waals surface area contributed by atoms with Crippen molar-refractivity contribution in [1.82, 2.24) is 0 Å². The predicted octanol–water partition coefficient (Wildman–Crippen LogP) is 5.93. The summed E-state index contributed by atoms with van der Waals surface area (Å²) in [6.07, 6.45) is 0. The van der Waals surface area contributed by atoms with Crippen molar-refractivity contribution in [1.29, 1.82) is 0 Å². The summed E-state index contributed by atoms with van der Waals surface area (Å²) >= 11 is 0. The minimum Gasteiger partial charge on any atom is -0.356 e. The molecule has 0 atom stereocenters. The zero-order valence-electron chi connectivity index (χ0n) is 16.7. The fraction of sp³-hybridized carbons (Fsp3) is 0. The van der Waals surface area contributed by atoms with Gasteiger partial charge in [0.1, 0.15) is 0 Å². The Morgan fingerprint density at radius 1 is 0.419 bits per heavy atom. The average molecular weight is 407 g/mol. The Morgan fingerprint density at radius 3 is 1.10 bits per heavy atom. The third-order valence-corrected chi connectivity index (χ3v) is 4.65. The van der Waals surface area contributed by atoms with Gasteiger partial charge in [-0.2, -0.15) is 0 Å². The quantitative estimate of drug-likeness (QED) is 0.371. The van der Waals surface area contributed by atoms with Crippen LogP contribution in [0, 0.1) is 0 Å². The second-order valence-electron chi connectivity index (χ2n) is 6.92. The molecule has 0 spiro atoms. The van der Waals surface area contributed by atoms with Gasteiger partial charge in [0.25, 0.3) is 11.8 Å². The van der Waals surface area contributed by atoms with E-state index in [4.69, 9.17) is 0 Å². The zero-order valence-corrected chi connectivity index (χ0v) is 16.7. The molecule has 4 aromatic carbocycles. The average Bonchev–Trinajstić information content (AvgIpc) is 2.82. The molecule has 0 heterocycles. The van der Waals surface area contributed by atoms with Crippen LogP contribution in [0.15, 0.2) is 109 Å². The van der Waals surface area contributed by atoms with Crippen LogP contribution in [0.25, 0.3) is 0 Å². The zero-order chi connectivity index (χ0) is 21.5. The summed E-state index contributed by atoms with van der Waals surface area (Å²) < 4.78 is 0. The largest absolute Gasteiger partial charge is 0.356 e. The van der Waals surface area contributed by atoms with Crippen molar-refractivity contribution in [3.8, 4) is 0 Å². The molecule has 5 nitrogen and oxygen atoms in total. The second-order valence-corrected chi connectivity index (χ2v) is 6.92. The van der Waals surface area contributed by atoms with Gasteiger partial charge in [-0.3, -0.25) is 9.59 Å². The van der Waals surface area contributed by atoms with Crippen LogP contribution in [0.2, 0.25) is 0 Å². The number of benzene rings is 4. The first-order chi connectivity index (χ1) is 15.2. The molecule has 152 valence electrons. The predicted molar refractivity (Wildman–Crippen MR) is 125 cm³/mol. The van der Waals surface area contributed by atoms with Gasteiger partial charge in [-0.25, -0.2) is 0 Å². The fourth-order valence-corrected chi connectivity index (χ4v) is 3.03. The molecule has 0 fully saturated rings. The van der Waals surface area contributed by atoms with Crippen molar-refractivity contribution < 1.29 is 9.59 Å². The molecular weight excluding hydrogens is 386 g/mol. The maximum atomic E-state index is 12.2. The van der Waals surface area contributed by atoms with E-state index < -0.39 is 0 Å². The molecule has 0 saturated carbocycles. The van der Waals surface area contributed by atoms with E-state index in [1.54, 1.807) is 24.3 Å². The maximum Gasteiger partial charge on any atom is 0.255 e. The molecule has 0 aliphatic heterocycles. The van der Waals surface area contributed by atoms with Gasteiger partial charge in [-0.15, -0.1) is 0 Å². The molecule has 0 aliphatic rings. The Bertz CT molecular complexity index is 1060. The molecule has 4 rings (SSSR count). The Kier molecular flexibility index (Phi) is 6.05. The third-order valence-electron chi connectivity index (χ3n) is 4.65. The van der Waals surface area contributed by atoms with E-state index in [0.717, 1.165) is 22.7 Å². The van der Waals surface area contributed by atoms with Gasteiger partial charge in [-0.1, -0.05) is 36.4 Å². The summed E-state index contributed by atoms with van der Waals surface area (Å²) in [5.74, 6) is -0.288. The molecule has 0 aliphatic carbocycles. The SMILES string of the molecule is O=C(Nc1ccc(Nc2ccc(NC(=O)c3ccccc3)cc2)cc1)c1ccccc1. The lowest BCUT2D eigenvalue weighted by molar-refractivity contribution is 0.101. The van der Waals surface area contributed by atoms with E-state index in [2.05, 4.69) is 16.0 Å². The number of hydrogen-bond acceptors (Lipinski definition) is 3. The first kappa shape index (κ1) is 19.9. The van der Waals surface area contributed by atoms with Gasteiger partial charge < -0.3 is 16.0 Å². The van der Waals surface area contributed by atoms with E-state index >= 15 is 0 Å². The minimum absolute atomic E-state index is 0.144. The molecule has 3 N–H and O–H groups in total. The summed E-state index contributed by atoms with van der Waals surface area (Å²) in [7, 11) is 0. The summed E-state index contributed by atoms with van der Waals surface area (Å²) in [5, 5.41) is 9.07. The number of anilines is 4. The summed E-state index contributed by atoms with van der Waals surface area (Å²) in [6, 6.07) is 33.1. The van der Waals surface area contributed by atoms with Crippen molar-refractivity contribution >= 4 is 34.6 Å². The first-order valence-corrected chi connectivity index (χ1v) is 9.87. The summed E-state index contributed by atoms with van der Waals surface area (Å²) in [4.78, 5) is 24.5. The highest BCUT2D eigenvalue weighted by molar-refractivity contribution is 6.05. The van der Waals surface area contributed by atoms with Crippen LogP contribution in [-0.4, -0.2) is 11.8 Å². The van der Waals surface area contributed by atoms with Crippen molar-refractivity contribution in [3.05, 3.63) is 120 Å². The lowest BCUT2D eigenvalue weighted by Gasteiger charge is -2.10. The van der Waals surface area contributed by atoms with Crippen LogP contribution in [0.4, 0.5) is 22.7 Å². The molecule has 2 amide bonds. The Morgan fingerprint density at radius 2 is 0.742 bits per heavy atom. The molecule has 0 bridgehead atoms. The first-order valence-electron chi connectivity index (χ1n) is 9.87. The fourth-order valence-electron chi connectivity index (χ4n) is 3.03. The molecule has 0 radical (unpaired) electrons. The van der Waals surface area contributed by atoms with Crippen molar-refractivity contribution in [2.24, 2.45) is 0 Å². The van der Waals surface area contributed by atoms with Crippen LogP contribution >= 0.6 is 0 Å². The number of hydrogen-bond donors (Lipinski definition) is 3. The van der Waals surface area contributed by atoms with E-state index in [1.807, 2.05) is 84.9 Å². The van der Waals surface area contributed by atoms with E-state index in [1.165, 1.54) is 0 Å². The lowest BCUT2D eigenvalue weighted by atomic mass is 10.2. The maximum absolute atomic E-state index is 12.2. The van der Waals surface area contributed by atoms with Crippen LogP contribution in [0.1, 0.15) is 20.7 Å². The Hall–Kier alpha value is -4.38. The monoisotopic (exact) mass is 407 g/mol. The van der Waals surface area contributed by atoms with Gasteiger partial charge in [0.15, 0.2) is 0 Å². The molecule has 0 unspecified atom stereocenters. The van der Waals surface area contributed by atoms with Gasteiger partial charge >= 0.3 is 0 Å². The summed E-state index contributed by atoms with van der Waals surface area (Å²) in [6.45, 7) is 0. The van der Waals surface area contributed by atoms with Gasteiger partial charge in [0, 0.05) is 33.9 Å². The highest BCUT2D eigenvalue weighted by atomic mass is 16.2. The number of nitrogens with one attached hydrogen (secondary N) is 3. The van der Waals surface area contributed by atoms with E-state index in [0.29, 0.717) is 11.1 Å². The summed E-state index contributed by atoms with van der Waals surface area (Å²) in [5.41, 5.74) is 4.45. The number of rotatable bonds is 6. The van der Waals surface area contributed by atoms with Crippen molar-refractivity contribution in [2.75, 3.05) is 16.0 Å². The van der Waals surface area contributed by atoms with E-state index in [9.17, 15) is 9.59 Å². The normalized spacial score (nSPS) is 10.2. The van der Waals surface area contributed by atoms with Crippen molar-refractivity contribution in [2.45, 2.75) is 0 Å². The highest BCUT2D eigenvalue weighted by Crippen LogP contribution is 2.21. The highest BCUT2D eigenvalue weighted by Gasteiger charge is 2.06. The second kappa shape index (κ2) is 9.41. The van der Waals surface area contributed by atoms with E-state index in [-0.39, 0.29) is 11.8 Å². The molecule has 5 heteroatoms. The van der Waals surface area contributed by atoms with Crippen LogP contribution in [-0.2, 0) is 0 Å². The number of carbonyl (C=O) groups is 2. The number of carbonyl (C=O) groups excluding carboxylic acids is 2. The molecular formula is C26H21N3O2. The van der Waals surface area contributed by atoms with Gasteiger partial charge in [0.2, 0.25) is 0 Å². The Balaban J connectivity index is 1.34. The number of amides is 2.